The van der Waals surface area contributed by atoms with Crippen LogP contribution in [0, 0.1) is 6.92 Å². The molecular weight excluding hydrogens is 406 g/mol. The molecule has 3 aromatic carbocycles. The maximum atomic E-state index is 11.7. The van der Waals surface area contributed by atoms with Crippen LogP contribution < -0.4 is 9.46 Å². The summed E-state index contributed by atoms with van der Waals surface area (Å²) >= 11 is 0. The lowest BCUT2D eigenvalue weighted by molar-refractivity contribution is 0.414. The molecule has 0 atom stereocenters. The Morgan fingerprint density at radius 1 is 0.935 bits per heavy atom. The summed E-state index contributed by atoms with van der Waals surface area (Å²) in [5.41, 5.74) is 10.1. The predicted molar refractivity (Wildman–Crippen MR) is 128 cm³/mol. The standard InChI is InChI=1S/C26H27NO3S/c1-17-8-12-24-20(14-17)9-10-21-16-23(30-3)11-13-25(21)26(24)18(2)19-6-5-7-22(15-19)27-31(4,28)29/h5-8,11-16,27H,9-10H2,1-4H3/b26-18+. The van der Waals surface area contributed by atoms with Crippen molar-refractivity contribution < 1.29 is 13.2 Å². The van der Waals surface area contributed by atoms with Gasteiger partial charge < -0.3 is 4.74 Å². The van der Waals surface area contributed by atoms with Gasteiger partial charge in [-0.2, -0.15) is 0 Å². The molecule has 0 unspecified atom stereocenters. The van der Waals surface area contributed by atoms with E-state index in [4.69, 9.17) is 4.74 Å². The summed E-state index contributed by atoms with van der Waals surface area (Å²) in [4.78, 5) is 0. The smallest absolute Gasteiger partial charge is 0.229 e. The summed E-state index contributed by atoms with van der Waals surface area (Å²) in [5.74, 6) is 0.859. The first-order valence-corrected chi connectivity index (χ1v) is 12.2. The Morgan fingerprint density at radius 3 is 2.29 bits per heavy atom. The third-order valence-corrected chi connectivity index (χ3v) is 6.36. The van der Waals surface area contributed by atoms with Crippen LogP contribution in [0.15, 0.2) is 60.7 Å². The van der Waals surface area contributed by atoms with Crippen molar-refractivity contribution in [3.8, 4) is 5.75 Å². The number of allylic oxidation sites excluding steroid dienone is 1. The molecule has 160 valence electrons. The molecule has 0 saturated carbocycles. The highest BCUT2D eigenvalue weighted by Crippen LogP contribution is 2.40. The minimum absolute atomic E-state index is 0.563. The average molecular weight is 434 g/mol. The van der Waals surface area contributed by atoms with E-state index in [1.807, 2.05) is 24.3 Å². The number of hydrogen-bond acceptors (Lipinski definition) is 3. The van der Waals surface area contributed by atoms with Crippen molar-refractivity contribution in [3.05, 3.63) is 94.0 Å². The van der Waals surface area contributed by atoms with E-state index in [-0.39, 0.29) is 0 Å². The van der Waals surface area contributed by atoms with E-state index in [0.29, 0.717) is 5.69 Å². The normalized spacial score (nSPS) is 14.8. The Hall–Kier alpha value is -3.05. The Morgan fingerprint density at radius 2 is 1.61 bits per heavy atom. The zero-order valence-corrected chi connectivity index (χ0v) is 19.1. The molecule has 1 N–H and O–H groups in total. The van der Waals surface area contributed by atoms with Gasteiger partial charge in [0.25, 0.3) is 0 Å². The maximum Gasteiger partial charge on any atom is 0.229 e. The van der Waals surface area contributed by atoms with Crippen LogP contribution in [0.1, 0.15) is 40.3 Å². The number of nitrogens with one attached hydrogen (secondary N) is 1. The number of hydrogen-bond donors (Lipinski definition) is 1. The highest BCUT2D eigenvalue weighted by Gasteiger charge is 2.21. The fourth-order valence-corrected chi connectivity index (χ4v) is 4.87. The van der Waals surface area contributed by atoms with E-state index in [1.165, 1.54) is 39.6 Å². The second-order valence-corrected chi connectivity index (χ2v) is 9.89. The molecule has 0 aromatic heterocycles. The van der Waals surface area contributed by atoms with Gasteiger partial charge in [0.2, 0.25) is 10.0 Å². The first-order valence-electron chi connectivity index (χ1n) is 10.3. The highest BCUT2D eigenvalue weighted by molar-refractivity contribution is 7.92. The van der Waals surface area contributed by atoms with Crippen molar-refractivity contribution in [3.63, 3.8) is 0 Å². The monoisotopic (exact) mass is 433 g/mol. The number of sulfonamides is 1. The van der Waals surface area contributed by atoms with Gasteiger partial charge in [0.15, 0.2) is 0 Å². The Kier molecular flexibility index (Phi) is 5.63. The molecule has 0 saturated heterocycles. The predicted octanol–water partition coefficient (Wildman–Crippen LogP) is 5.45. The number of rotatable bonds is 4. The molecule has 0 radical (unpaired) electrons. The third kappa shape index (κ3) is 4.52. The minimum Gasteiger partial charge on any atom is -0.497 e. The number of fused-ring (bicyclic) bond motifs is 2. The van der Waals surface area contributed by atoms with E-state index in [9.17, 15) is 8.42 Å². The number of benzene rings is 3. The number of methoxy groups -OCH3 is 1. The molecule has 0 amide bonds. The van der Waals surface area contributed by atoms with Gasteiger partial charge in [-0.1, -0.05) is 42.0 Å². The Bertz CT molecular complexity index is 1290. The van der Waals surface area contributed by atoms with Crippen LogP contribution in [0.3, 0.4) is 0 Å². The molecule has 0 heterocycles. The van der Waals surface area contributed by atoms with Gasteiger partial charge in [0.1, 0.15) is 5.75 Å². The molecule has 4 nitrogen and oxygen atoms in total. The molecule has 0 bridgehead atoms. The van der Waals surface area contributed by atoms with Crippen LogP contribution >= 0.6 is 0 Å². The second kappa shape index (κ2) is 8.23. The van der Waals surface area contributed by atoms with Gasteiger partial charge in [-0.25, -0.2) is 8.42 Å². The van der Waals surface area contributed by atoms with E-state index in [0.717, 1.165) is 29.7 Å². The van der Waals surface area contributed by atoms with Crippen molar-refractivity contribution in [2.75, 3.05) is 18.1 Å². The zero-order valence-electron chi connectivity index (χ0n) is 18.3. The molecule has 5 heteroatoms. The summed E-state index contributed by atoms with van der Waals surface area (Å²) in [6.45, 7) is 4.23. The van der Waals surface area contributed by atoms with E-state index >= 15 is 0 Å². The van der Waals surface area contributed by atoms with Gasteiger partial charge in [-0.05, 0) is 89.9 Å². The van der Waals surface area contributed by atoms with Crippen LogP contribution in [0.2, 0.25) is 0 Å². The fourth-order valence-electron chi connectivity index (χ4n) is 4.31. The molecule has 1 aliphatic carbocycles. The van der Waals surface area contributed by atoms with Crippen LogP contribution in [0.4, 0.5) is 5.69 Å². The highest BCUT2D eigenvalue weighted by atomic mass is 32.2. The lowest BCUT2D eigenvalue weighted by atomic mass is 9.87. The molecule has 0 aliphatic heterocycles. The summed E-state index contributed by atoms with van der Waals surface area (Å²) < 4.78 is 31.5. The van der Waals surface area contributed by atoms with Gasteiger partial charge in [-0.3, -0.25) is 4.72 Å². The van der Waals surface area contributed by atoms with Gasteiger partial charge in [0, 0.05) is 5.69 Å². The summed E-state index contributed by atoms with van der Waals surface area (Å²) in [6, 6.07) is 20.5. The third-order valence-electron chi connectivity index (χ3n) is 5.75. The first-order chi connectivity index (χ1) is 14.7. The van der Waals surface area contributed by atoms with Crippen LogP contribution in [-0.4, -0.2) is 21.8 Å². The molecule has 3 aromatic rings. The van der Waals surface area contributed by atoms with Crippen LogP contribution in [0.25, 0.3) is 11.1 Å². The van der Waals surface area contributed by atoms with E-state index in [1.54, 1.807) is 13.2 Å². The van der Waals surface area contributed by atoms with Crippen molar-refractivity contribution in [1.82, 2.24) is 0 Å². The molecular formula is C26H27NO3S. The second-order valence-electron chi connectivity index (χ2n) is 8.14. The molecule has 31 heavy (non-hydrogen) atoms. The lowest BCUT2D eigenvalue weighted by Gasteiger charge is -2.18. The molecule has 0 spiro atoms. The van der Waals surface area contributed by atoms with Gasteiger partial charge in [-0.15, -0.1) is 0 Å². The SMILES string of the molecule is COc1ccc2c(c1)CCc1cc(C)ccc1/C2=C(/C)c1cccc(NS(C)(=O)=O)c1. The largest absolute Gasteiger partial charge is 0.497 e. The topological polar surface area (TPSA) is 55.4 Å². The number of anilines is 1. The lowest BCUT2D eigenvalue weighted by Crippen LogP contribution is -2.09. The van der Waals surface area contributed by atoms with Crippen molar-refractivity contribution in [2.45, 2.75) is 26.7 Å². The van der Waals surface area contributed by atoms with Crippen molar-refractivity contribution in [2.24, 2.45) is 0 Å². The molecule has 0 fully saturated rings. The Labute approximate surface area is 184 Å². The van der Waals surface area contributed by atoms with Crippen LogP contribution in [-0.2, 0) is 22.9 Å². The summed E-state index contributed by atoms with van der Waals surface area (Å²) in [5, 5.41) is 0. The van der Waals surface area contributed by atoms with E-state index in [2.05, 4.69) is 48.9 Å². The summed E-state index contributed by atoms with van der Waals surface area (Å²) in [7, 11) is -1.65. The van der Waals surface area contributed by atoms with Crippen LogP contribution in [0.5, 0.6) is 5.75 Å². The Balaban J connectivity index is 1.96. The van der Waals surface area contributed by atoms with Gasteiger partial charge >= 0.3 is 0 Å². The van der Waals surface area contributed by atoms with E-state index < -0.39 is 10.0 Å². The average Bonchev–Trinajstić information content (AvgIpc) is 2.88. The number of aryl methyl sites for hydroxylation is 3. The minimum atomic E-state index is -3.34. The van der Waals surface area contributed by atoms with Gasteiger partial charge in [0.05, 0.1) is 13.4 Å². The van der Waals surface area contributed by atoms with Crippen molar-refractivity contribution in [1.29, 1.82) is 0 Å². The first kappa shape index (κ1) is 21.2. The zero-order chi connectivity index (χ0) is 22.2. The maximum absolute atomic E-state index is 11.7. The summed E-state index contributed by atoms with van der Waals surface area (Å²) in [6.07, 6.45) is 3.07. The number of ether oxygens (including phenoxy) is 1. The quantitative estimate of drug-likeness (QED) is 0.595. The fraction of sp³-hybridized carbons (Fsp3) is 0.231. The molecule has 1 aliphatic rings. The van der Waals surface area contributed by atoms with Crippen molar-refractivity contribution >= 4 is 26.9 Å². The molecule has 4 rings (SSSR count).